The Bertz CT molecular complexity index is 419. The smallest absolute Gasteiger partial charge is 0.126 e. The van der Waals surface area contributed by atoms with Crippen molar-refractivity contribution in [3.63, 3.8) is 0 Å². The lowest BCUT2D eigenvalue weighted by molar-refractivity contribution is 0.867. The topological polar surface area (TPSA) is 43.8 Å². The molecule has 0 fully saturated rings. The standard InChI is InChI=1S/C10H10BrN3/c11-8-1-3-9(4-2-8)14-6-5-13-10(14)7-12/h1-6H,7,12H2. The van der Waals surface area contributed by atoms with Crippen molar-refractivity contribution in [2.75, 3.05) is 0 Å². The minimum atomic E-state index is 0.447. The molecule has 2 rings (SSSR count). The zero-order valence-corrected chi connectivity index (χ0v) is 9.11. The van der Waals surface area contributed by atoms with E-state index in [2.05, 4.69) is 20.9 Å². The average Bonchev–Trinajstić information content (AvgIpc) is 2.67. The number of hydrogen-bond acceptors (Lipinski definition) is 2. The van der Waals surface area contributed by atoms with Crippen LogP contribution < -0.4 is 5.73 Å². The summed E-state index contributed by atoms with van der Waals surface area (Å²) in [5.41, 5.74) is 6.64. The lowest BCUT2D eigenvalue weighted by Gasteiger charge is -2.05. The summed E-state index contributed by atoms with van der Waals surface area (Å²) in [5.74, 6) is 0.868. The van der Waals surface area contributed by atoms with E-state index >= 15 is 0 Å². The molecule has 0 radical (unpaired) electrons. The third-order valence-corrected chi connectivity index (χ3v) is 2.53. The van der Waals surface area contributed by atoms with E-state index in [1.54, 1.807) is 6.20 Å². The summed E-state index contributed by atoms with van der Waals surface area (Å²) >= 11 is 3.39. The Morgan fingerprint density at radius 3 is 2.64 bits per heavy atom. The Morgan fingerprint density at radius 1 is 1.29 bits per heavy atom. The second-order valence-electron chi connectivity index (χ2n) is 2.89. The first-order valence-electron chi connectivity index (χ1n) is 4.29. The molecule has 0 aliphatic carbocycles. The van der Waals surface area contributed by atoms with Crippen molar-refractivity contribution in [1.82, 2.24) is 9.55 Å². The van der Waals surface area contributed by atoms with Crippen molar-refractivity contribution < 1.29 is 0 Å². The van der Waals surface area contributed by atoms with E-state index in [0.29, 0.717) is 6.54 Å². The molecule has 0 aliphatic rings. The molecule has 0 amide bonds. The highest BCUT2D eigenvalue weighted by atomic mass is 79.9. The zero-order valence-electron chi connectivity index (χ0n) is 7.52. The van der Waals surface area contributed by atoms with Crippen LogP contribution in [0.1, 0.15) is 5.82 Å². The van der Waals surface area contributed by atoms with Gasteiger partial charge in [-0.05, 0) is 24.3 Å². The van der Waals surface area contributed by atoms with Crippen LogP contribution in [0.25, 0.3) is 5.69 Å². The molecule has 1 aromatic carbocycles. The number of aromatic nitrogens is 2. The van der Waals surface area contributed by atoms with Crippen molar-refractivity contribution in [2.24, 2.45) is 5.73 Å². The first-order valence-corrected chi connectivity index (χ1v) is 5.09. The van der Waals surface area contributed by atoms with Crippen molar-refractivity contribution in [3.8, 4) is 5.69 Å². The fourth-order valence-electron chi connectivity index (χ4n) is 1.32. The Hall–Kier alpha value is -1.13. The van der Waals surface area contributed by atoms with Crippen LogP contribution in [-0.4, -0.2) is 9.55 Å². The molecule has 1 heterocycles. The summed E-state index contributed by atoms with van der Waals surface area (Å²) in [6.45, 7) is 0.447. The van der Waals surface area contributed by atoms with E-state index in [9.17, 15) is 0 Å². The monoisotopic (exact) mass is 251 g/mol. The maximum absolute atomic E-state index is 5.57. The van der Waals surface area contributed by atoms with Gasteiger partial charge in [-0.15, -0.1) is 0 Å². The van der Waals surface area contributed by atoms with Crippen molar-refractivity contribution >= 4 is 15.9 Å². The Balaban J connectivity index is 2.44. The molecule has 2 N–H and O–H groups in total. The Labute approximate surface area is 90.7 Å². The number of hydrogen-bond donors (Lipinski definition) is 1. The number of imidazole rings is 1. The van der Waals surface area contributed by atoms with Gasteiger partial charge in [0.1, 0.15) is 5.82 Å². The van der Waals surface area contributed by atoms with E-state index in [1.165, 1.54) is 0 Å². The Morgan fingerprint density at radius 2 is 2.00 bits per heavy atom. The molecule has 0 unspecified atom stereocenters. The van der Waals surface area contributed by atoms with Crippen LogP contribution in [0, 0.1) is 0 Å². The Kier molecular flexibility index (Phi) is 2.65. The van der Waals surface area contributed by atoms with Crippen LogP contribution in [0.5, 0.6) is 0 Å². The highest BCUT2D eigenvalue weighted by molar-refractivity contribution is 9.10. The normalized spacial score (nSPS) is 10.4. The van der Waals surface area contributed by atoms with Gasteiger partial charge in [-0.2, -0.15) is 0 Å². The van der Waals surface area contributed by atoms with Gasteiger partial charge in [0.05, 0.1) is 6.54 Å². The number of nitrogens with zero attached hydrogens (tertiary/aromatic N) is 2. The molecule has 0 saturated carbocycles. The van der Waals surface area contributed by atoms with Gasteiger partial charge < -0.3 is 10.3 Å². The minimum Gasteiger partial charge on any atom is -0.324 e. The summed E-state index contributed by atoms with van der Waals surface area (Å²) in [6, 6.07) is 8.03. The molecule has 0 aliphatic heterocycles. The summed E-state index contributed by atoms with van der Waals surface area (Å²) in [4.78, 5) is 4.16. The largest absolute Gasteiger partial charge is 0.324 e. The van der Waals surface area contributed by atoms with Gasteiger partial charge in [0.15, 0.2) is 0 Å². The molecule has 14 heavy (non-hydrogen) atoms. The van der Waals surface area contributed by atoms with Gasteiger partial charge in [0.25, 0.3) is 0 Å². The molecule has 3 nitrogen and oxygen atoms in total. The third kappa shape index (κ3) is 1.71. The molecular formula is C10H10BrN3. The van der Waals surface area contributed by atoms with E-state index in [4.69, 9.17) is 5.73 Å². The van der Waals surface area contributed by atoms with Gasteiger partial charge in [0, 0.05) is 22.6 Å². The fourth-order valence-corrected chi connectivity index (χ4v) is 1.59. The SMILES string of the molecule is NCc1nccn1-c1ccc(Br)cc1. The lowest BCUT2D eigenvalue weighted by Crippen LogP contribution is -2.05. The van der Waals surface area contributed by atoms with Crippen LogP contribution in [0.3, 0.4) is 0 Å². The van der Waals surface area contributed by atoms with Gasteiger partial charge >= 0.3 is 0 Å². The lowest BCUT2D eigenvalue weighted by atomic mass is 10.3. The highest BCUT2D eigenvalue weighted by Crippen LogP contribution is 2.15. The van der Waals surface area contributed by atoms with Crippen LogP contribution >= 0.6 is 15.9 Å². The maximum atomic E-state index is 5.57. The summed E-state index contributed by atoms with van der Waals surface area (Å²) in [5, 5.41) is 0. The maximum Gasteiger partial charge on any atom is 0.126 e. The van der Waals surface area contributed by atoms with Crippen LogP contribution in [0.4, 0.5) is 0 Å². The van der Waals surface area contributed by atoms with Gasteiger partial charge in [0.2, 0.25) is 0 Å². The predicted molar refractivity (Wildman–Crippen MR) is 59.2 cm³/mol. The van der Waals surface area contributed by atoms with Crippen molar-refractivity contribution in [3.05, 3.63) is 47.0 Å². The molecule has 0 bridgehead atoms. The van der Waals surface area contributed by atoms with E-state index < -0.39 is 0 Å². The van der Waals surface area contributed by atoms with E-state index in [0.717, 1.165) is 16.0 Å². The molecule has 0 atom stereocenters. The van der Waals surface area contributed by atoms with Gasteiger partial charge in [-0.1, -0.05) is 15.9 Å². The third-order valence-electron chi connectivity index (χ3n) is 2.00. The summed E-state index contributed by atoms with van der Waals surface area (Å²) in [7, 11) is 0. The molecule has 72 valence electrons. The zero-order chi connectivity index (χ0) is 9.97. The molecular weight excluding hydrogens is 242 g/mol. The molecule has 2 aromatic rings. The minimum absolute atomic E-state index is 0.447. The number of benzene rings is 1. The number of nitrogens with two attached hydrogens (primary N) is 1. The van der Waals surface area contributed by atoms with Crippen molar-refractivity contribution in [2.45, 2.75) is 6.54 Å². The summed E-state index contributed by atoms with van der Waals surface area (Å²) in [6.07, 6.45) is 3.66. The van der Waals surface area contributed by atoms with Gasteiger partial charge in [-0.3, -0.25) is 0 Å². The first kappa shape index (κ1) is 9.43. The highest BCUT2D eigenvalue weighted by Gasteiger charge is 2.01. The molecule has 1 aromatic heterocycles. The number of rotatable bonds is 2. The second kappa shape index (κ2) is 3.94. The fraction of sp³-hybridized carbons (Fsp3) is 0.100. The molecule has 0 saturated heterocycles. The quantitative estimate of drug-likeness (QED) is 0.889. The first-order chi connectivity index (χ1) is 6.81. The predicted octanol–water partition coefficient (Wildman–Crippen LogP) is 2.09. The van der Waals surface area contributed by atoms with E-state index in [1.807, 2.05) is 35.0 Å². The second-order valence-corrected chi connectivity index (χ2v) is 3.81. The van der Waals surface area contributed by atoms with Gasteiger partial charge in [-0.25, -0.2) is 4.98 Å². The van der Waals surface area contributed by atoms with Crippen LogP contribution in [-0.2, 0) is 6.54 Å². The average molecular weight is 252 g/mol. The van der Waals surface area contributed by atoms with Crippen LogP contribution in [0.15, 0.2) is 41.1 Å². The van der Waals surface area contributed by atoms with Crippen LogP contribution in [0.2, 0.25) is 0 Å². The van der Waals surface area contributed by atoms with Crippen molar-refractivity contribution in [1.29, 1.82) is 0 Å². The molecule has 0 spiro atoms. The number of halogens is 1. The van der Waals surface area contributed by atoms with E-state index in [-0.39, 0.29) is 0 Å². The molecule has 4 heteroatoms. The summed E-state index contributed by atoms with van der Waals surface area (Å²) < 4.78 is 3.04.